The molecule has 0 aliphatic carbocycles. The first-order valence-electron chi connectivity index (χ1n) is 8.88. The molecular formula is C21H23NO4S. The maximum Gasteiger partial charge on any atom is 0.424 e. The third-order valence-electron chi connectivity index (χ3n) is 4.66. The molecule has 1 heterocycles. The van der Waals surface area contributed by atoms with Gasteiger partial charge in [0.05, 0.1) is 17.5 Å². The first kappa shape index (κ1) is 19.2. The van der Waals surface area contributed by atoms with E-state index in [9.17, 15) is 13.2 Å². The van der Waals surface area contributed by atoms with Gasteiger partial charge in [-0.05, 0) is 38.0 Å². The SMILES string of the molecule is C/C=C/[C@H]1[C@H](Cc2ccccc2)COC(=O)N1S(=O)(=O)c1ccc(C)cc1. The van der Waals surface area contributed by atoms with E-state index in [1.807, 2.05) is 44.2 Å². The van der Waals surface area contributed by atoms with E-state index in [1.54, 1.807) is 24.3 Å². The van der Waals surface area contributed by atoms with Crippen molar-refractivity contribution in [3.63, 3.8) is 0 Å². The normalized spacial score (nSPS) is 20.7. The van der Waals surface area contributed by atoms with Crippen LogP contribution in [0.1, 0.15) is 18.1 Å². The van der Waals surface area contributed by atoms with Gasteiger partial charge in [-0.15, -0.1) is 0 Å². The van der Waals surface area contributed by atoms with Crippen LogP contribution >= 0.6 is 0 Å². The third-order valence-corrected chi connectivity index (χ3v) is 6.44. The summed E-state index contributed by atoms with van der Waals surface area (Å²) in [6.45, 7) is 3.88. The Balaban J connectivity index is 1.98. The van der Waals surface area contributed by atoms with Crippen molar-refractivity contribution < 1.29 is 17.9 Å². The van der Waals surface area contributed by atoms with Crippen molar-refractivity contribution in [2.75, 3.05) is 6.61 Å². The van der Waals surface area contributed by atoms with Crippen LogP contribution in [0.3, 0.4) is 0 Å². The standard InChI is InChI=1S/C21H23NO4S/c1-3-7-20-18(14-17-8-5-4-6-9-17)15-26-21(23)22(20)27(24,25)19-12-10-16(2)11-13-19/h3-13,18,20H,14-15H2,1-2H3/b7-3+/t18-,20+/m1/s1. The summed E-state index contributed by atoms with van der Waals surface area (Å²) < 4.78 is 32.5. The topological polar surface area (TPSA) is 63.7 Å². The Bertz CT molecular complexity index is 920. The number of carbonyl (C=O) groups excluding carboxylic acids is 1. The molecule has 1 fully saturated rings. The number of carbonyl (C=O) groups is 1. The van der Waals surface area contributed by atoms with Gasteiger partial charge >= 0.3 is 6.09 Å². The number of aryl methyl sites for hydroxylation is 1. The predicted octanol–water partition coefficient (Wildman–Crippen LogP) is 3.94. The Morgan fingerprint density at radius 3 is 2.41 bits per heavy atom. The number of ether oxygens (including phenoxy) is 1. The Kier molecular flexibility index (Phi) is 5.65. The molecular weight excluding hydrogens is 362 g/mol. The van der Waals surface area contributed by atoms with Crippen molar-refractivity contribution in [2.24, 2.45) is 5.92 Å². The molecule has 0 N–H and O–H groups in total. The highest BCUT2D eigenvalue weighted by molar-refractivity contribution is 7.89. The minimum Gasteiger partial charge on any atom is -0.448 e. The number of allylic oxidation sites excluding steroid dienone is 1. The van der Waals surface area contributed by atoms with E-state index in [4.69, 9.17) is 4.74 Å². The minimum atomic E-state index is -4.02. The van der Waals surface area contributed by atoms with Gasteiger partial charge in [-0.1, -0.05) is 60.2 Å². The van der Waals surface area contributed by atoms with Crippen LogP contribution in [0.15, 0.2) is 71.6 Å². The molecule has 0 saturated carbocycles. The van der Waals surface area contributed by atoms with Gasteiger partial charge in [-0.3, -0.25) is 0 Å². The molecule has 0 bridgehead atoms. The second kappa shape index (κ2) is 7.96. The number of benzene rings is 2. The lowest BCUT2D eigenvalue weighted by Crippen LogP contribution is -2.53. The van der Waals surface area contributed by atoms with E-state index in [1.165, 1.54) is 12.1 Å². The number of sulfonamides is 1. The number of hydrogen-bond acceptors (Lipinski definition) is 4. The highest BCUT2D eigenvalue weighted by atomic mass is 32.2. The Morgan fingerprint density at radius 1 is 1.11 bits per heavy atom. The lowest BCUT2D eigenvalue weighted by Gasteiger charge is -2.38. The second-order valence-electron chi connectivity index (χ2n) is 6.66. The van der Waals surface area contributed by atoms with Crippen molar-refractivity contribution in [3.05, 3.63) is 77.9 Å². The average molecular weight is 385 g/mol. The first-order valence-corrected chi connectivity index (χ1v) is 10.3. The van der Waals surface area contributed by atoms with Crippen LogP contribution in [0.5, 0.6) is 0 Å². The fourth-order valence-electron chi connectivity index (χ4n) is 3.26. The van der Waals surface area contributed by atoms with Crippen LogP contribution in [-0.2, 0) is 21.2 Å². The summed E-state index contributed by atoms with van der Waals surface area (Å²) in [6.07, 6.45) is 3.32. The average Bonchev–Trinajstić information content (AvgIpc) is 2.65. The number of amides is 1. The molecule has 6 heteroatoms. The summed E-state index contributed by atoms with van der Waals surface area (Å²) in [5.74, 6) is -0.165. The first-order chi connectivity index (χ1) is 12.9. The summed E-state index contributed by atoms with van der Waals surface area (Å²) >= 11 is 0. The van der Waals surface area contributed by atoms with Crippen LogP contribution in [-0.4, -0.2) is 31.5 Å². The van der Waals surface area contributed by atoms with Gasteiger partial charge in [0.2, 0.25) is 0 Å². The summed E-state index contributed by atoms with van der Waals surface area (Å²) in [4.78, 5) is 12.5. The second-order valence-corrected chi connectivity index (χ2v) is 8.47. The fourth-order valence-corrected chi connectivity index (χ4v) is 4.78. The van der Waals surface area contributed by atoms with Crippen LogP contribution in [0, 0.1) is 12.8 Å². The van der Waals surface area contributed by atoms with E-state index in [2.05, 4.69) is 0 Å². The number of rotatable bonds is 5. The maximum absolute atomic E-state index is 13.2. The molecule has 3 rings (SSSR count). The van der Waals surface area contributed by atoms with E-state index < -0.39 is 22.2 Å². The van der Waals surface area contributed by atoms with Crippen LogP contribution < -0.4 is 0 Å². The molecule has 2 aromatic rings. The molecule has 0 radical (unpaired) electrons. The summed E-state index contributed by atoms with van der Waals surface area (Å²) in [7, 11) is -4.02. The Morgan fingerprint density at radius 2 is 1.78 bits per heavy atom. The highest BCUT2D eigenvalue weighted by Crippen LogP contribution is 2.30. The van der Waals surface area contributed by atoms with Gasteiger partial charge in [-0.2, -0.15) is 4.31 Å². The molecule has 142 valence electrons. The molecule has 2 aromatic carbocycles. The fraction of sp³-hybridized carbons (Fsp3) is 0.286. The molecule has 1 saturated heterocycles. The molecule has 0 spiro atoms. The van der Waals surface area contributed by atoms with Crippen LogP contribution in [0.25, 0.3) is 0 Å². The highest BCUT2D eigenvalue weighted by Gasteiger charge is 2.43. The van der Waals surface area contributed by atoms with E-state index in [0.29, 0.717) is 6.42 Å². The van der Waals surface area contributed by atoms with Crippen LogP contribution in [0.2, 0.25) is 0 Å². The van der Waals surface area contributed by atoms with E-state index in [-0.39, 0.29) is 17.4 Å². The van der Waals surface area contributed by atoms with Gasteiger partial charge in [0.15, 0.2) is 0 Å². The maximum atomic E-state index is 13.2. The van der Waals surface area contributed by atoms with Gasteiger partial charge in [0.25, 0.3) is 10.0 Å². The molecule has 5 nitrogen and oxygen atoms in total. The number of hydrogen-bond donors (Lipinski definition) is 0. The predicted molar refractivity (Wildman–Crippen MR) is 104 cm³/mol. The van der Waals surface area contributed by atoms with Crippen molar-refractivity contribution in [2.45, 2.75) is 31.2 Å². The smallest absolute Gasteiger partial charge is 0.424 e. The summed E-state index contributed by atoms with van der Waals surface area (Å²) in [5.41, 5.74) is 2.02. The van der Waals surface area contributed by atoms with Crippen molar-refractivity contribution in [1.82, 2.24) is 4.31 Å². The third kappa shape index (κ3) is 4.06. The molecule has 2 atom stereocenters. The molecule has 0 aromatic heterocycles. The molecule has 0 unspecified atom stereocenters. The zero-order valence-corrected chi connectivity index (χ0v) is 16.2. The van der Waals surface area contributed by atoms with Gasteiger partial charge < -0.3 is 4.74 Å². The Hall–Kier alpha value is -2.60. The summed E-state index contributed by atoms with van der Waals surface area (Å²) in [5, 5.41) is 0. The molecule has 1 aliphatic rings. The van der Waals surface area contributed by atoms with Crippen molar-refractivity contribution in [3.8, 4) is 0 Å². The van der Waals surface area contributed by atoms with Gasteiger partial charge in [0, 0.05) is 5.92 Å². The zero-order valence-electron chi connectivity index (χ0n) is 15.4. The quantitative estimate of drug-likeness (QED) is 0.732. The van der Waals surface area contributed by atoms with Gasteiger partial charge in [-0.25, -0.2) is 13.2 Å². The minimum absolute atomic E-state index is 0.0833. The van der Waals surface area contributed by atoms with Crippen LogP contribution in [0.4, 0.5) is 4.79 Å². The van der Waals surface area contributed by atoms with Crippen molar-refractivity contribution in [1.29, 1.82) is 0 Å². The van der Waals surface area contributed by atoms with E-state index >= 15 is 0 Å². The molecule has 27 heavy (non-hydrogen) atoms. The van der Waals surface area contributed by atoms with Crippen molar-refractivity contribution >= 4 is 16.1 Å². The molecule has 1 aliphatic heterocycles. The monoisotopic (exact) mass is 385 g/mol. The zero-order chi connectivity index (χ0) is 19.4. The lowest BCUT2D eigenvalue weighted by atomic mass is 9.91. The Labute approximate surface area is 160 Å². The van der Waals surface area contributed by atoms with Gasteiger partial charge in [0.1, 0.15) is 0 Å². The largest absolute Gasteiger partial charge is 0.448 e. The number of nitrogens with zero attached hydrogens (tertiary/aromatic N) is 1. The lowest BCUT2D eigenvalue weighted by molar-refractivity contribution is 0.0544. The molecule has 1 amide bonds. The van der Waals surface area contributed by atoms with E-state index in [0.717, 1.165) is 15.4 Å². The number of cyclic esters (lactones) is 1. The summed E-state index contributed by atoms with van der Waals surface area (Å²) in [6, 6.07) is 15.7.